The standard InChI is InChI=1S/C4H8N2S.HO2P/c1-2-3-6-4(5)7;1-3-2/h2H,1,3H2,(H3,5,6,7);3H/p+1. The first kappa shape index (κ1) is 12.2. The highest BCUT2D eigenvalue weighted by Crippen LogP contribution is 1.66. The molecule has 58 valence electrons. The van der Waals surface area contributed by atoms with Crippen LogP contribution >= 0.6 is 20.9 Å². The number of hydrogen-bond donors (Lipinski definition) is 3. The summed E-state index contributed by atoms with van der Waals surface area (Å²) in [6.07, 6.45) is 1.69. The minimum atomic E-state index is -1.17. The van der Waals surface area contributed by atoms with Crippen LogP contribution in [0.2, 0.25) is 0 Å². The Morgan fingerprint density at radius 2 is 2.40 bits per heavy atom. The number of thiocarbonyl (C=S) groups is 1. The summed E-state index contributed by atoms with van der Waals surface area (Å²) in [5.41, 5.74) is 5.05. The second kappa shape index (κ2) is 11.3. The lowest BCUT2D eigenvalue weighted by Crippen LogP contribution is -2.28. The molecule has 0 aromatic carbocycles. The fourth-order valence-electron chi connectivity index (χ4n) is 0.173. The van der Waals surface area contributed by atoms with Crippen LogP contribution in [0.5, 0.6) is 0 Å². The van der Waals surface area contributed by atoms with Crippen LogP contribution in [-0.2, 0) is 4.57 Å². The molecule has 0 aromatic rings. The third-order valence-corrected chi connectivity index (χ3v) is 0.565. The molecule has 0 heterocycles. The minimum absolute atomic E-state index is 0.319. The molecule has 0 saturated carbocycles. The first-order valence-corrected chi connectivity index (χ1v) is 3.60. The fourth-order valence-corrected chi connectivity index (χ4v) is 0.256. The van der Waals surface area contributed by atoms with Crippen molar-refractivity contribution in [2.75, 3.05) is 6.54 Å². The molecular formula is C4H10N2O2PS+. The largest absolute Gasteiger partial charge is 0.491 e. The van der Waals surface area contributed by atoms with Crippen molar-refractivity contribution in [3.8, 4) is 0 Å². The lowest BCUT2D eigenvalue weighted by atomic mass is 10.6. The Morgan fingerprint density at radius 3 is 2.50 bits per heavy atom. The number of hydrogen-bond acceptors (Lipinski definition) is 2. The van der Waals surface area contributed by atoms with Gasteiger partial charge in [0.1, 0.15) is 0 Å². The molecular weight excluding hydrogens is 171 g/mol. The zero-order valence-electron chi connectivity index (χ0n) is 5.33. The summed E-state index contributed by atoms with van der Waals surface area (Å²) in [5, 5.41) is 3.01. The highest BCUT2D eigenvalue weighted by molar-refractivity contribution is 7.80. The van der Waals surface area contributed by atoms with E-state index in [4.69, 9.17) is 15.2 Å². The maximum absolute atomic E-state index is 8.51. The van der Waals surface area contributed by atoms with Crippen LogP contribution in [0.1, 0.15) is 0 Å². The first-order chi connectivity index (χ1) is 4.68. The van der Waals surface area contributed by atoms with Crippen LogP contribution < -0.4 is 11.1 Å². The van der Waals surface area contributed by atoms with Crippen LogP contribution in [0.4, 0.5) is 0 Å². The van der Waals surface area contributed by atoms with E-state index >= 15 is 0 Å². The molecule has 0 spiro atoms. The molecule has 10 heavy (non-hydrogen) atoms. The molecule has 0 aliphatic rings. The topological polar surface area (TPSA) is 75.3 Å². The van der Waals surface area contributed by atoms with E-state index in [0.717, 1.165) is 0 Å². The summed E-state index contributed by atoms with van der Waals surface area (Å²) in [5.74, 6) is 0. The van der Waals surface area contributed by atoms with E-state index in [9.17, 15) is 0 Å². The smallest absolute Gasteiger partial charge is 0.376 e. The Hall–Kier alpha value is -0.510. The number of nitrogens with two attached hydrogens (primary N) is 1. The average Bonchev–Trinajstić information content (AvgIpc) is 1.85. The molecule has 1 atom stereocenters. The third kappa shape index (κ3) is 25.9. The van der Waals surface area contributed by atoms with E-state index < -0.39 is 8.69 Å². The Balaban J connectivity index is 0. The van der Waals surface area contributed by atoms with Gasteiger partial charge in [-0.2, -0.15) is 4.89 Å². The normalized spacial score (nSPS) is 7.30. The molecule has 4 N–H and O–H groups in total. The van der Waals surface area contributed by atoms with Crippen molar-refractivity contribution in [2.24, 2.45) is 5.73 Å². The summed E-state index contributed by atoms with van der Waals surface area (Å²) in [6, 6.07) is 0. The van der Waals surface area contributed by atoms with Crippen molar-refractivity contribution in [2.45, 2.75) is 0 Å². The van der Waals surface area contributed by atoms with E-state index in [-0.39, 0.29) is 0 Å². The van der Waals surface area contributed by atoms with Crippen LogP contribution in [0.3, 0.4) is 0 Å². The zero-order valence-corrected chi connectivity index (χ0v) is 7.15. The van der Waals surface area contributed by atoms with Crippen molar-refractivity contribution in [1.82, 2.24) is 5.32 Å². The van der Waals surface area contributed by atoms with E-state index in [1.54, 1.807) is 6.08 Å². The quantitative estimate of drug-likeness (QED) is 0.315. The average molecular weight is 181 g/mol. The summed E-state index contributed by atoms with van der Waals surface area (Å²) in [4.78, 5) is 7.04. The molecule has 0 aromatic heterocycles. The van der Waals surface area contributed by atoms with Gasteiger partial charge in [0.15, 0.2) is 5.11 Å². The maximum Gasteiger partial charge on any atom is 0.491 e. The van der Waals surface area contributed by atoms with Crippen molar-refractivity contribution in [1.29, 1.82) is 0 Å². The highest BCUT2D eigenvalue weighted by Gasteiger charge is 1.76. The lowest BCUT2D eigenvalue weighted by Gasteiger charge is -1.94. The molecule has 0 aliphatic carbocycles. The molecule has 1 unspecified atom stereocenters. The molecule has 6 heteroatoms. The summed E-state index contributed by atoms with van der Waals surface area (Å²) < 4.78 is 8.51. The molecule has 4 nitrogen and oxygen atoms in total. The van der Waals surface area contributed by atoms with Crippen molar-refractivity contribution in [3.63, 3.8) is 0 Å². The van der Waals surface area contributed by atoms with Gasteiger partial charge in [-0.1, -0.05) is 6.08 Å². The van der Waals surface area contributed by atoms with E-state index in [2.05, 4.69) is 24.1 Å². The zero-order chi connectivity index (χ0) is 8.41. The van der Waals surface area contributed by atoms with E-state index in [0.29, 0.717) is 11.7 Å². The number of nitrogens with one attached hydrogen (secondary N) is 1. The van der Waals surface area contributed by atoms with Crippen molar-refractivity contribution < 1.29 is 9.46 Å². The van der Waals surface area contributed by atoms with Gasteiger partial charge in [0.2, 0.25) is 0 Å². The van der Waals surface area contributed by atoms with Gasteiger partial charge in [-0.15, -0.1) is 6.58 Å². The summed E-state index contributed by atoms with van der Waals surface area (Å²) >= 11 is 4.48. The summed E-state index contributed by atoms with van der Waals surface area (Å²) in [7, 11) is -1.17. The van der Waals surface area contributed by atoms with Crippen LogP contribution in [0.15, 0.2) is 12.7 Å². The van der Waals surface area contributed by atoms with Crippen LogP contribution in [0, 0.1) is 0 Å². The molecule has 0 bridgehead atoms. The molecule has 0 rings (SSSR count). The Bertz CT molecular complexity index is 120. The van der Waals surface area contributed by atoms with Crippen LogP contribution in [0.25, 0.3) is 0 Å². The van der Waals surface area contributed by atoms with Gasteiger partial charge >= 0.3 is 8.69 Å². The number of rotatable bonds is 2. The second-order valence-corrected chi connectivity index (χ2v) is 1.75. The predicted molar refractivity (Wildman–Crippen MR) is 46.2 cm³/mol. The van der Waals surface area contributed by atoms with Gasteiger partial charge in [-0.25, -0.2) is 0 Å². The molecule has 0 amide bonds. The highest BCUT2D eigenvalue weighted by atomic mass is 32.1. The van der Waals surface area contributed by atoms with Gasteiger partial charge in [0.05, 0.1) is 0 Å². The Labute approximate surface area is 66.4 Å². The fraction of sp³-hybridized carbons (Fsp3) is 0.250. The predicted octanol–water partition coefficient (Wildman–Crippen LogP) is -0.0767. The molecule has 0 aliphatic heterocycles. The first-order valence-electron chi connectivity index (χ1n) is 2.34. The Kier molecular flexibility index (Phi) is 13.8. The SMILES string of the molecule is C=CCNC(N)=S.O=[PH+]O. The van der Waals surface area contributed by atoms with Crippen molar-refractivity contribution in [3.05, 3.63) is 12.7 Å². The molecule has 0 radical (unpaired) electrons. The second-order valence-electron chi connectivity index (χ2n) is 1.13. The molecule has 0 fully saturated rings. The third-order valence-electron chi connectivity index (χ3n) is 0.421. The maximum atomic E-state index is 8.51. The van der Waals surface area contributed by atoms with Gasteiger partial charge in [0, 0.05) is 6.54 Å². The lowest BCUT2D eigenvalue weighted by molar-refractivity contribution is 0.524. The van der Waals surface area contributed by atoms with E-state index in [1.165, 1.54) is 0 Å². The van der Waals surface area contributed by atoms with Gasteiger partial charge in [-0.3, -0.25) is 0 Å². The van der Waals surface area contributed by atoms with Gasteiger partial charge in [0.25, 0.3) is 0 Å². The summed E-state index contributed by atoms with van der Waals surface area (Å²) in [6.45, 7) is 4.10. The van der Waals surface area contributed by atoms with Gasteiger partial charge < -0.3 is 11.1 Å². The van der Waals surface area contributed by atoms with Crippen LogP contribution in [-0.4, -0.2) is 16.6 Å². The Morgan fingerprint density at radius 1 is 2.00 bits per heavy atom. The van der Waals surface area contributed by atoms with Crippen molar-refractivity contribution >= 4 is 26.0 Å². The minimum Gasteiger partial charge on any atom is -0.376 e. The monoisotopic (exact) mass is 181 g/mol. The van der Waals surface area contributed by atoms with E-state index in [1.807, 2.05) is 0 Å². The molecule has 0 saturated heterocycles. The van der Waals surface area contributed by atoms with Gasteiger partial charge in [-0.05, 0) is 16.8 Å².